The van der Waals surface area contributed by atoms with Crippen molar-refractivity contribution in [1.82, 2.24) is 5.32 Å². The van der Waals surface area contributed by atoms with Crippen molar-refractivity contribution in [2.24, 2.45) is 5.73 Å². The Bertz CT molecular complexity index is 613. The molecule has 0 heterocycles. The van der Waals surface area contributed by atoms with E-state index in [-0.39, 0.29) is 6.04 Å². The Morgan fingerprint density at radius 3 is 2.70 bits per heavy atom. The smallest absolute Gasteiger partial charge is 0.249 e. The molecule has 0 aliphatic heterocycles. The number of rotatable bonds is 5. The van der Waals surface area contributed by atoms with Gasteiger partial charge in [0.25, 0.3) is 0 Å². The van der Waals surface area contributed by atoms with Gasteiger partial charge in [0.2, 0.25) is 5.91 Å². The zero-order valence-electron chi connectivity index (χ0n) is 11.3. The minimum atomic E-state index is -0.391. The third-order valence-corrected chi connectivity index (χ3v) is 3.72. The molecule has 1 atom stereocenters. The highest BCUT2D eigenvalue weighted by Gasteiger charge is 2.09. The number of hydrogen-bond acceptors (Lipinski definition) is 2. The molecule has 0 aliphatic carbocycles. The van der Waals surface area contributed by atoms with E-state index in [9.17, 15) is 4.79 Å². The second-order valence-electron chi connectivity index (χ2n) is 4.68. The third-order valence-electron chi connectivity index (χ3n) is 3.23. The number of carbonyl (C=O) groups is 1. The number of carbonyl (C=O) groups excluding carboxylic acids is 1. The summed E-state index contributed by atoms with van der Waals surface area (Å²) in [5.74, 6) is -0.391. The molecule has 0 fully saturated rings. The van der Waals surface area contributed by atoms with E-state index < -0.39 is 5.91 Å². The summed E-state index contributed by atoms with van der Waals surface area (Å²) in [4.78, 5) is 11.4. The Morgan fingerprint density at radius 1 is 1.25 bits per heavy atom. The normalized spacial score (nSPS) is 12.1. The van der Waals surface area contributed by atoms with E-state index in [1.807, 2.05) is 30.3 Å². The highest BCUT2D eigenvalue weighted by molar-refractivity contribution is 9.10. The predicted octanol–water partition coefficient (Wildman–Crippen LogP) is 3.40. The lowest BCUT2D eigenvalue weighted by Crippen LogP contribution is -2.21. The van der Waals surface area contributed by atoms with E-state index in [0.717, 1.165) is 10.0 Å². The van der Waals surface area contributed by atoms with Crippen molar-refractivity contribution >= 4 is 21.8 Å². The van der Waals surface area contributed by atoms with Gasteiger partial charge in [-0.05, 0) is 36.2 Å². The molecule has 2 aromatic carbocycles. The first kappa shape index (κ1) is 14.8. The zero-order valence-corrected chi connectivity index (χ0v) is 12.9. The van der Waals surface area contributed by atoms with Crippen LogP contribution in [0.5, 0.6) is 0 Å². The summed E-state index contributed by atoms with van der Waals surface area (Å²) in [5, 5.41) is 3.41. The average molecular weight is 333 g/mol. The lowest BCUT2D eigenvalue weighted by Gasteiger charge is -2.15. The van der Waals surface area contributed by atoms with E-state index in [4.69, 9.17) is 5.73 Å². The van der Waals surface area contributed by atoms with Crippen LogP contribution in [0.2, 0.25) is 0 Å². The Labute approximate surface area is 127 Å². The van der Waals surface area contributed by atoms with Crippen LogP contribution in [0.4, 0.5) is 0 Å². The van der Waals surface area contributed by atoms with Gasteiger partial charge in [-0.15, -0.1) is 0 Å². The molecule has 4 heteroatoms. The van der Waals surface area contributed by atoms with Crippen LogP contribution in [0.25, 0.3) is 0 Å². The van der Waals surface area contributed by atoms with Crippen LogP contribution in [-0.4, -0.2) is 5.91 Å². The summed E-state index contributed by atoms with van der Waals surface area (Å²) in [6.45, 7) is 2.70. The SMILES string of the molecule is C[C@@H](NCc1ccccc1C(N)=O)c1cccc(Br)c1. The summed E-state index contributed by atoms with van der Waals surface area (Å²) in [7, 11) is 0. The number of benzene rings is 2. The van der Waals surface area contributed by atoms with Crippen LogP contribution in [0, 0.1) is 0 Å². The summed E-state index contributed by atoms with van der Waals surface area (Å²) in [6, 6.07) is 15.7. The van der Waals surface area contributed by atoms with Crippen molar-refractivity contribution in [3.05, 3.63) is 69.7 Å². The largest absolute Gasteiger partial charge is 0.366 e. The van der Waals surface area contributed by atoms with Crippen LogP contribution in [0.15, 0.2) is 53.0 Å². The molecule has 0 aliphatic rings. The van der Waals surface area contributed by atoms with Gasteiger partial charge in [0.1, 0.15) is 0 Å². The molecule has 0 aromatic heterocycles. The van der Waals surface area contributed by atoms with E-state index in [1.54, 1.807) is 6.07 Å². The molecule has 0 saturated carbocycles. The van der Waals surface area contributed by atoms with Crippen LogP contribution in [-0.2, 0) is 6.54 Å². The van der Waals surface area contributed by atoms with Crippen LogP contribution < -0.4 is 11.1 Å². The van der Waals surface area contributed by atoms with Crippen molar-refractivity contribution in [2.75, 3.05) is 0 Å². The highest BCUT2D eigenvalue weighted by Crippen LogP contribution is 2.18. The summed E-state index contributed by atoms with van der Waals surface area (Å²) in [5.41, 5.74) is 8.06. The molecular weight excluding hydrogens is 316 g/mol. The monoisotopic (exact) mass is 332 g/mol. The van der Waals surface area contributed by atoms with Gasteiger partial charge in [0, 0.05) is 22.6 Å². The number of nitrogens with one attached hydrogen (secondary N) is 1. The first-order valence-electron chi connectivity index (χ1n) is 6.44. The maximum absolute atomic E-state index is 11.4. The van der Waals surface area contributed by atoms with Gasteiger partial charge in [-0.2, -0.15) is 0 Å². The number of amides is 1. The van der Waals surface area contributed by atoms with Crippen molar-refractivity contribution in [3.63, 3.8) is 0 Å². The molecule has 2 rings (SSSR count). The second kappa shape index (κ2) is 6.68. The Kier molecular flexibility index (Phi) is 4.93. The van der Waals surface area contributed by atoms with Gasteiger partial charge >= 0.3 is 0 Å². The van der Waals surface area contributed by atoms with Crippen LogP contribution in [0.3, 0.4) is 0 Å². The molecule has 3 nitrogen and oxygen atoms in total. The van der Waals surface area contributed by atoms with Gasteiger partial charge in [0.15, 0.2) is 0 Å². The van der Waals surface area contributed by atoms with E-state index in [1.165, 1.54) is 5.56 Å². The van der Waals surface area contributed by atoms with Crippen LogP contribution in [0.1, 0.15) is 34.5 Å². The minimum absolute atomic E-state index is 0.188. The molecule has 0 unspecified atom stereocenters. The van der Waals surface area contributed by atoms with Gasteiger partial charge in [-0.3, -0.25) is 4.79 Å². The van der Waals surface area contributed by atoms with E-state index >= 15 is 0 Å². The molecule has 20 heavy (non-hydrogen) atoms. The standard InChI is InChI=1S/C16H17BrN2O/c1-11(12-6-4-7-14(17)9-12)19-10-13-5-2-3-8-15(13)16(18)20/h2-9,11,19H,10H2,1H3,(H2,18,20)/t11-/m1/s1. The zero-order chi connectivity index (χ0) is 14.5. The van der Waals surface area contributed by atoms with Crippen molar-refractivity contribution in [1.29, 1.82) is 0 Å². The Balaban J connectivity index is 2.07. The van der Waals surface area contributed by atoms with Gasteiger partial charge in [-0.1, -0.05) is 46.3 Å². The molecule has 0 spiro atoms. The fraction of sp³-hybridized carbons (Fsp3) is 0.188. The number of hydrogen-bond donors (Lipinski definition) is 2. The molecule has 1 amide bonds. The molecule has 104 valence electrons. The number of nitrogens with two attached hydrogens (primary N) is 1. The number of halogens is 1. The topological polar surface area (TPSA) is 55.1 Å². The summed E-state index contributed by atoms with van der Waals surface area (Å²) < 4.78 is 1.06. The fourth-order valence-electron chi connectivity index (χ4n) is 2.07. The summed E-state index contributed by atoms with van der Waals surface area (Å²) in [6.07, 6.45) is 0. The van der Waals surface area contributed by atoms with Gasteiger partial charge in [-0.25, -0.2) is 0 Å². The molecule has 0 bridgehead atoms. The molecule has 3 N–H and O–H groups in total. The molecule has 2 aromatic rings. The van der Waals surface area contributed by atoms with Gasteiger partial charge < -0.3 is 11.1 Å². The van der Waals surface area contributed by atoms with Crippen LogP contribution >= 0.6 is 15.9 Å². The lowest BCUT2D eigenvalue weighted by atomic mass is 10.1. The Morgan fingerprint density at radius 2 is 2.00 bits per heavy atom. The third kappa shape index (κ3) is 3.68. The van der Waals surface area contributed by atoms with Crippen molar-refractivity contribution in [2.45, 2.75) is 19.5 Å². The average Bonchev–Trinajstić information content (AvgIpc) is 2.45. The first-order valence-corrected chi connectivity index (χ1v) is 7.24. The van der Waals surface area contributed by atoms with E-state index in [2.05, 4.69) is 40.3 Å². The second-order valence-corrected chi connectivity index (χ2v) is 5.59. The fourth-order valence-corrected chi connectivity index (χ4v) is 2.49. The van der Waals surface area contributed by atoms with Crippen molar-refractivity contribution < 1.29 is 4.79 Å². The maximum Gasteiger partial charge on any atom is 0.249 e. The van der Waals surface area contributed by atoms with E-state index in [0.29, 0.717) is 12.1 Å². The molecular formula is C16H17BrN2O. The number of primary amides is 1. The quantitative estimate of drug-likeness (QED) is 0.881. The molecule has 0 radical (unpaired) electrons. The summed E-state index contributed by atoms with van der Waals surface area (Å²) >= 11 is 3.47. The maximum atomic E-state index is 11.4. The predicted molar refractivity (Wildman–Crippen MR) is 84.4 cm³/mol. The molecule has 0 saturated heterocycles. The lowest BCUT2D eigenvalue weighted by molar-refractivity contribution is 0.0999. The highest BCUT2D eigenvalue weighted by atomic mass is 79.9. The van der Waals surface area contributed by atoms with Crippen molar-refractivity contribution in [3.8, 4) is 0 Å². The minimum Gasteiger partial charge on any atom is -0.366 e. The Hall–Kier alpha value is -1.65. The first-order chi connectivity index (χ1) is 9.58. The van der Waals surface area contributed by atoms with Gasteiger partial charge in [0.05, 0.1) is 0 Å².